The first kappa shape index (κ1) is 19.6. The average Bonchev–Trinajstić information content (AvgIpc) is 2.96. The molecule has 0 bridgehead atoms. The average molecular weight is 366 g/mol. The van der Waals surface area contributed by atoms with E-state index in [-0.39, 0.29) is 5.91 Å². The normalized spacial score (nSPS) is 16.5. The molecule has 27 heavy (non-hydrogen) atoms. The third-order valence-electron chi connectivity index (χ3n) is 5.20. The second-order valence-corrected chi connectivity index (χ2v) is 7.52. The van der Waals surface area contributed by atoms with Gasteiger partial charge in [0.15, 0.2) is 0 Å². The molecule has 1 amide bonds. The van der Waals surface area contributed by atoms with Crippen LogP contribution in [-0.4, -0.2) is 29.9 Å². The molecule has 1 aliphatic rings. The summed E-state index contributed by atoms with van der Waals surface area (Å²) in [4.78, 5) is 14.9. The third kappa shape index (κ3) is 6.49. The lowest BCUT2D eigenvalue weighted by atomic mass is 10.1. The summed E-state index contributed by atoms with van der Waals surface area (Å²) in [5.41, 5.74) is 9.59. The van der Waals surface area contributed by atoms with Crippen LogP contribution in [0.4, 0.5) is 0 Å². The van der Waals surface area contributed by atoms with E-state index in [0.717, 1.165) is 17.7 Å². The Balaban J connectivity index is 1.49. The van der Waals surface area contributed by atoms with E-state index in [4.69, 9.17) is 5.73 Å². The molecule has 1 atom stereocenters. The van der Waals surface area contributed by atoms with Crippen LogP contribution >= 0.6 is 0 Å². The number of hydrogen-bond acceptors (Lipinski definition) is 3. The van der Waals surface area contributed by atoms with Gasteiger partial charge in [-0.1, -0.05) is 67.4 Å². The molecule has 0 aliphatic carbocycles. The predicted octanol–water partition coefficient (Wildman–Crippen LogP) is 3.25. The summed E-state index contributed by atoms with van der Waals surface area (Å²) in [5, 5.41) is 2.98. The van der Waals surface area contributed by atoms with Crippen molar-refractivity contribution in [1.82, 2.24) is 10.2 Å². The summed E-state index contributed by atoms with van der Waals surface area (Å²) < 4.78 is 0. The lowest BCUT2D eigenvalue weighted by molar-refractivity contribution is -0.122. The number of hydrogen-bond donors (Lipinski definition) is 2. The summed E-state index contributed by atoms with van der Waals surface area (Å²) in [6, 6.07) is 17.9. The number of rotatable bonds is 7. The van der Waals surface area contributed by atoms with Gasteiger partial charge in [0, 0.05) is 13.1 Å². The van der Waals surface area contributed by atoms with Gasteiger partial charge in [-0.15, -0.1) is 0 Å². The standard InChI is InChI=1S/C23H31N3O/c24-22(16-19-9-4-3-5-10-19)23(27)25-17-20-11-8-12-21(15-20)18-26-13-6-1-2-7-14-26/h3-5,8-12,15,22H,1-2,6-7,13-14,16-18,24H2,(H,25,27). The highest BCUT2D eigenvalue weighted by Gasteiger charge is 2.14. The van der Waals surface area contributed by atoms with Crippen molar-refractivity contribution in [1.29, 1.82) is 0 Å². The SMILES string of the molecule is NC(Cc1ccccc1)C(=O)NCc1cccc(CN2CCCCCC2)c1. The van der Waals surface area contributed by atoms with E-state index in [0.29, 0.717) is 13.0 Å². The molecule has 1 saturated heterocycles. The molecule has 144 valence electrons. The van der Waals surface area contributed by atoms with Crippen molar-refractivity contribution < 1.29 is 4.79 Å². The molecule has 1 unspecified atom stereocenters. The van der Waals surface area contributed by atoms with Crippen molar-refractivity contribution in [3.63, 3.8) is 0 Å². The van der Waals surface area contributed by atoms with Crippen LogP contribution in [0.3, 0.4) is 0 Å². The molecule has 4 heteroatoms. The minimum atomic E-state index is -0.521. The van der Waals surface area contributed by atoms with Gasteiger partial charge in [0.1, 0.15) is 0 Å². The highest BCUT2D eigenvalue weighted by Crippen LogP contribution is 2.14. The van der Waals surface area contributed by atoms with Gasteiger partial charge in [-0.3, -0.25) is 9.69 Å². The molecule has 0 aromatic heterocycles. The lowest BCUT2D eigenvalue weighted by Gasteiger charge is -2.20. The van der Waals surface area contributed by atoms with E-state index < -0.39 is 6.04 Å². The van der Waals surface area contributed by atoms with E-state index in [1.165, 1.54) is 44.3 Å². The van der Waals surface area contributed by atoms with Crippen LogP contribution in [0.25, 0.3) is 0 Å². The van der Waals surface area contributed by atoms with Crippen molar-refractivity contribution in [2.24, 2.45) is 5.73 Å². The first-order chi connectivity index (χ1) is 13.2. The van der Waals surface area contributed by atoms with Crippen molar-refractivity contribution in [2.45, 2.75) is 51.2 Å². The maximum atomic E-state index is 12.3. The Bertz CT molecular complexity index is 709. The molecule has 4 nitrogen and oxygen atoms in total. The number of likely N-dealkylation sites (tertiary alicyclic amines) is 1. The van der Waals surface area contributed by atoms with Crippen molar-refractivity contribution in [2.75, 3.05) is 13.1 Å². The summed E-state index contributed by atoms with van der Waals surface area (Å²) in [5.74, 6) is -0.100. The first-order valence-electron chi connectivity index (χ1n) is 10.1. The summed E-state index contributed by atoms with van der Waals surface area (Å²) in [6.45, 7) is 3.90. The zero-order valence-electron chi connectivity index (χ0n) is 16.1. The minimum Gasteiger partial charge on any atom is -0.351 e. The Labute approximate surface area is 162 Å². The quantitative estimate of drug-likeness (QED) is 0.792. The molecular formula is C23H31N3O. The topological polar surface area (TPSA) is 58.4 Å². The Morgan fingerprint density at radius 3 is 2.33 bits per heavy atom. The molecule has 1 aliphatic heterocycles. The van der Waals surface area contributed by atoms with Crippen LogP contribution in [0.15, 0.2) is 54.6 Å². The second-order valence-electron chi connectivity index (χ2n) is 7.52. The smallest absolute Gasteiger partial charge is 0.237 e. The number of amides is 1. The van der Waals surface area contributed by atoms with E-state index >= 15 is 0 Å². The van der Waals surface area contributed by atoms with E-state index in [2.05, 4.69) is 34.5 Å². The molecule has 2 aromatic carbocycles. The second kappa shape index (κ2) is 10.2. The summed E-state index contributed by atoms with van der Waals surface area (Å²) >= 11 is 0. The van der Waals surface area contributed by atoms with Gasteiger partial charge in [0.05, 0.1) is 6.04 Å². The molecule has 2 aromatic rings. The number of benzene rings is 2. The minimum absolute atomic E-state index is 0.100. The Morgan fingerprint density at radius 2 is 1.59 bits per heavy atom. The molecule has 1 fully saturated rings. The zero-order chi connectivity index (χ0) is 18.9. The lowest BCUT2D eigenvalue weighted by Crippen LogP contribution is -2.41. The highest BCUT2D eigenvalue weighted by atomic mass is 16.2. The highest BCUT2D eigenvalue weighted by molar-refractivity contribution is 5.81. The monoisotopic (exact) mass is 365 g/mol. The van der Waals surface area contributed by atoms with Crippen molar-refractivity contribution >= 4 is 5.91 Å². The number of nitrogens with zero attached hydrogens (tertiary/aromatic N) is 1. The molecule has 0 saturated carbocycles. The molecule has 3 N–H and O–H groups in total. The molecule has 3 rings (SSSR count). The van der Waals surface area contributed by atoms with Crippen LogP contribution < -0.4 is 11.1 Å². The fourth-order valence-electron chi connectivity index (χ4n) is 3.67. The van der Waals surface area contributed by atoms with Gasteiger partial charge in [0.25, 0.3) is 0 Å². The van der Waals surface area contributed by atoms with Crippen molar-refractivity contribution in [3.05, 3.63) is 71.3 Å². The molecule has 0 spiro atoms. The van der Waals surface area contributed by atoms with Crippen LogP contribution in [0.1, 0.15) is 42.4 Å². The predicted molar refractivity (Wildman–Crippen MR) is 110 cm³/mol. The van der Waals surface area contributed by atoms with E-state index in [1.807, 2.05) is 30.3 Å². The van der Waals surface area contributed by atoms with Gasteiger partial charge in [-0.05, 0) is 49.0 Å². The van der Waals surface area contributed by atoms with Crippen LogP contribution in [0.2, 0.25) is 0 Å². The maximum absolute atomic E-state index is 12.3. The number of carbonyl (C=O) groups excluding carboxylic acids is 1. The Morgan fingerprint density at radius 1 is 0.926 bits per heavy atom. The van der Waals surface area contributed by atoms with Gasteiger partial charge in [0.2, 0.25) is 5.91 Å². The Kier molecular flexibility index (Phi) is 7.43. The van der Waals surface area contributed by atoms with Crippen LogP contribution in [0.5, 0.6) is 0 Å². The molecule has 0 radical (unpaired) electrons. The largest absolute Gasteiger partial charge is 0.351 e. The molecular weight excluding hydrogens is 334 g/mol. The van der Waals surface area contributed by atoms with Crippen molar-refractivity contribution in [3.8, 4) is 0 Å². The number of nitrogens with one attached hydrogen (secondary N) is 1. The fraction of sp³-hybridized carbons (Fsp3) is 0.435. The van der Waals surface area contributed by atoms with Crippen LogP contribution in [0, 0.1) is 0 Å². The van der Waals surface area contributed by atoms with Crippen LogP contribution in [-0.2, 0) is 24.3 Å². The van der Waals surface area contributed by atoms with E-state index in [9.17, 15) is 4.79 Å². The van der Waals surface area contributed by atoms with Gasteiger partial charge < -0.3 is 11.1 Å². The maximum Gasteiger partial charge on any atom is 0.237 e. The third-order valence-corrected chi connectivity index (χ3v) is 5.20. The van der Waals surface area contributed by atoms with Gasteiger partial charge in [-0.25, -0.2) is 0 Å². The van der Waals surface area contributed by atoms with Gasteiger partial charge in [-0.2, -0.15) is 0 Å². The number of nitrogens with two attached hydrogens (primary N) is 1. The fourth-order valence-corrected chi connectivity index (χ4v) is 3.67. The summed E-state index contributed by atoms with van der Waals surface area (Å²) in [6.07, 6.45) is 5.86. The van der Waals surface area contributed by atoms with E-state index in [1.54, 1.807) is 0 Å². The summed E-state index contributed by atoms with van der Waals surface area (Å²) in [7, 11) is 0. The molecule has 1 heterocycles. The van der Waals surface area contributed by atoms with Gasteiger partial charge >= 0.3 is 0 Å². The number of carbonyl (C=O) groups is 1. The first-order valence-corrected chi connectivity index (χ1v) is 10.1. The zero-order valence-corrected chi connectivity index (χ0v) is 16.1. The Hall–Kier alpha value is -2.17.